The summed E-state index contributed by atoms with van der Waals surface area (Å²) in [6.45, 7) is 6.03. The van der Waals surface area contributed by atoms with Crippen LogP contribution in [-0.4, -0.2) is 36.0 Å². The monoisotopic (exact) mass is 345 g/mol. The Morgan fingerprint density at radius 1 is 1.23 bits per heavy atom. The van der Waals surface area contributed by atoms with Gasteiger partial charge in [0.2, 0.25) is 5.91 Å². The number of carbonyl (C=O) groups is 2. The van der Waals surface area contributed by atoms with Gasteiger partial charge in [0, 0.05) is 12.1 Å². The van der Waals surface area contributed by atoms with Crippen LogP contribution in [0.25, 0.3) is 0 Å². The van der Waals surface area contributed by atoms with Crippen LogP contribution in [0.15, 0.2) is 18.2 Å². The van der Waals surface area contributed by atoms with Crippen molar-refractivity contribution >= 4 is 35.1 Å². The maximum absolute atomic E-state index is 11.8. The second-order valence-electron chi connectivity index (χ2n) is 6.14. The van der Waals surface area contributed by atoms with Gasteiger partial charge in [0.1, 0.15) is 0 Å². The van der Waals surface area contributed by atoms with Crippen LogP contribution in [0, 0.1) is 0 Å². The minimum absolute atomic E-state index is 0.0698. The molecule has 0 fully saturated rings. The van der Waals surface area contributed by atoms with Crippen LogP contribution in [-0.2, 0) is 11.3 Å². The topological polar surface area (TPSA) is 61.4 Å². The van der Waals surface area contributed by atoms with Gasteiger partial charge in [0.25, 0.3) is 0 Å². The van der Waals surface area contributed by atoms with E-state index in [2.05, 4.69) is 10.6 Å². The normalized spacial score (nSPS) is 11.4. The second kappa shape index (κ2) is 7.81. The van der Waals surface area contributed by atoms with Gasteiger partial charge in [0.05, 0.1) is 16.6 Å². The number of rotatable bonds is 4. The molecule has 0 saturated carbocycles. The lowest BCUT2D eigenvalue weighted by Gasteiger charge is -2.21. The van der Waals surface area contributed by atoms with Crippen molar-refractivity contribution in [3.05, 3.63) is 33.8 Å². The van der Waals surface area contributed by atoms with Crippen molar-refractivity contribution in [2.75, 3.05) is 13.6 Å². The quantitative estimate of drug-likeness (QED) is 0.881. The molecule has 0 saturated heterocycles. The molecule has 0 aromatic heterocycles. The van der Waals surface area contributed by atoms with Gasteiger partial charge < -0.3 is 5.32 Å². The van der Waals surface area contributed by atoms with Crippen molar-refractivity contribution in [1.82, 2.24) is 15.5 Å². The lowest BCUT2D eigenvalue weighted by Crippen LogP contribution is -2.50. The Bertz CT molecular complexity index is 556. The zero-order chi connectivity index (χ0) is 16.9. The zero-order valence-corrected chi connectivity index (χ0v) is 14.7. The van der Waals surface area contributed by atoms with Gasteiger partial charge >= 0.3 is 6.03 Å². The molecule has 122 valence electrons. The minimum atomic E-state index is -0.508. The minimum Gasteiger partial charge on any atom is -0.333 e. The summed E-state index contributed by atoms with van der Waals surface area (Å²) in [6.07, 6.45) is 0. The maximum Gasteiger partial charge on any atom is 0.321 e. The summed E-state index contributed by atoms with van der Waals surface area (Å²) >= 11 is 12.1. The second-order valence-corrected chi connectivity index (χ2v) is 6.92. The van der Waals surface area contributed by atoms with E-state index in [0.29, 0.717) is 16.6 Å². The molecule has 0 spiro atoms. The zero-order valence-electron chi connectivity index (χ0n) is 13.2. The number of hydrogen-bond acceptors (Lipinski definition) is 3. The SMILES string of the molecule is CN(CC(=O)NC(=O)NC(C)(C)C)Cc1cccc(Cl)c1Cl. The number of amides is 3. The molecule has 2 N–H and O–H groups in total. The number of hydrogen-bond donors (Lipinski definition) is 2. The van der Waals surface area contributed by atoms with Crippen molar-refractivity contribution < 1.29 is 9.59 Å². The first-order valence-corrected chi connectivity index (χ1v) is 7.57. The summed E-state index contributed by atoms with van der Waals surface area (Å²) in [5.41, 5.74) is 0.425. The highest BCUT2D eigenvalue weighted by Gasteiger charge is 2.17. The van der Waals surface area contributed by atoms with Crippen LogP contribution >= 0.6 is 23.2 Å². The van der Waals surface area contributed by atoms with Crippen molar-refractivity contribution in [2.45, 2.75) is 32.9 Å². The molecule has 0 aliphatic heterocycles. The summed E-state index contributed by atoms with van der Waals surface area (Å²) in [4.78, 5) is 25.2. The Balaban J connectivity index is 2.51. The first-order valence-electron chi connectivity index (χ1n) is 6.82. The average Bonchev–Trinajstić information content (AvgIpc) is 2.31. The number of carbonyl (C=O) groups excluding carboxylic acids is 2. The molecule has 1 aromatic carbocycles. The van der Waals surface area contributed by atoms with Crippen LogP contribution in [0.4, 0.5) is 4.79 Å². The Hall–Kier alpha value is -1.30. The molecule has 1 aromatic rings. The number of halogens is 2. The highest BCUT2D eigenvalue weighted by Crippen LogP contribution is 2.26. The lowest BCUT2D eigenvalue weighted by atomic mass is 10.1. The molecule has 5 nitrogen and oxygen atoms in total. The average molecular weight is 346 g/mol. The van der Waals surface area contributed by atoms with Crippen molar-refractivity contribution in [2.24, 2.45) is 0 Å². The number of nitrogens with one attached hydrogen (secondary N) is 2. The van der Waals surface area contributed by atoms with E-state index >= 15 is 0 Å². The number of benzene rings is 1. The summed E-state index contributed by atoms with van der Waals surface area (Å²) in [6, 6.07) is 4.84. The summed E-state index contributed by atoms with van der Waals surface area (Å²) < 4.78 is 0. The fraction of sp³-hybridized carbons (Fsp3) is 0.467. The van der Waals surface area contributed by atoms with Gasteiger partial charge in [-0.05, 0) is 39.4 Å². The fourth-order valence-corrected chi connectivity index (χ4v) is 2.18. The van der Waals surface area contributed by atoms with Crippen LogP contribution in [0.2, 0.25) is 10.0 Å². The molecule has 0 radical (unpaired) electrons. The predicted octanol–water partition coefficient (Wildman–Crippen LogP) is 3.05. The van der Waals surface area contributed by atoms with E-state index in [0.717, 1.165) is 5.56 Å². The number of urea groups is 1. The Morgan fingerprint density at radius 2 is 1.86 bits per heavy atom. The third kappa shape index (κ3) is 6.64. The van der Waals surface area contributed by atoms with E-state index in [9.17, 15) is 9.59 Å². The summed E-state index contributed by atoms with van der Waals surface area (Å²) in [7, 11) is 1.76. The summed E-state index contributed by atoms with van der Waals surface area (Å²) in [5.74, 6) is -0.387. The molecule has 0 unspecified atom stereocenters. The molecular formula is C15H21Cl2N3O2. The number of nitrogens with zero attached hydrogens (tertiary/aromatic N) is 1. The van der Waals surface area contributed by atoms with Crippen molar-refractivity contribution in [3.63, 3.8) is 0 Å². The third-order valence-electron chi connectivity index (χ3n) is 2.63. The van der Waals surface area contributed by atoms with Crippen LogP contribution in [0.1, 0.15) is 26.3 Å². The summed E-state index contributed by atoms with van der Waals surface area (Å²) in [5, 5.41) is 5.90. The fourth-order valence-electron chi connectivity index (χ4n) is 1.80. The Kier molecular flexibility index (Phi) is 6.66. The van der Waals surface area contributed by atoms with E-state index in [1.807, 2.05) is 26.8 Å². The van der Waals surface area contributed by atoms with Gasteiger partial charge in [-0.15, -0.1) is 0 Å². The van der Waals surface area contributed by atoms with Crippen LogP contribution in [0.5, 0.6) is 0 Å². The largest absolute Gasteiger partial charge is 0.333 e. The van der Waals surface area contributed by atoms with Crippen molar-refractivity contribution in [3.8, 4) is 0 Å². The Morgan fingerprint density at radius 3 is 2.45 bits per heavy atom. The van der Waals surface area contributed by atoms with Gasteiger partial charge in [-0.3, -0.25) is 15.0 Å². The number of imide groups is 1. The van der Waals surface area contributed by atoms with Crippen LogP contribution in [0.3, 0.4) is 0 Å². The van der Waals surface area contributed by atoms with E-state index in [4.69, 9.17) is 23.2 Å². The first-order chi connectivity index (χ1) is 10.1. The molecule has 0 aliphatic carbocycles. The smallest absolute Gasteiger partial charge is 0.321 e. The molecule has 0 heterocycles. The van der Waals surface area contributed by atoms with E-state index in [-0.39, 0.29) is 12.5 Å². The van der Waals surface area contributed by atoms with Crippen LogP contribution < -0.4 is 10.6 Å². The van der Waals surface area contributed by atoms with Crippen molar-refractivity contribution in [1.29, 1.82) is 0 Å². The molecule has 1 rings (SSSR count). The molecule has 0 aliphatic rings. The van der Waals surface area contributed by atoms with Gasteiger partial charge in [-0.2, -0.15) is 0 Å². The molecule has 3 amide bonds. The third-order valence-corrected chi connectivity index (χ3v) is 3.48. The van der Waals surface area contributed by atoms with Gasteiger partial charge in [-0.25, -0.2) is 4.79 Å². The standard InChI is InChI=1S/C15H21Cl2N3O2/c1-15(2,3)19-14(22)18-12(21)9-20(4)8-10-6-5-7-11(16)13(10)17/h5-7H,8-9H2,1-4H3,(H2,18,19,21,22). The number of likely N-dealkylation sites (N-methyl/N-ethyl adjacent to an activating group) is 1. The van der Waals surface area contributed by atoms with E-state index in [1.165, 1.54) is 0 Å². The van der Waals surface area contributed by atoms with Gasteiger partial charge in [-0.1, -0.05) is 35.3 Å². The van der Waals surface area contributed by atoms with E-state index in [1.54, 1.807) is 24.1 Å². The molecule has 0 bridgehead atoms. The molecular weight excluding hydrogens is 325 g/mol. The van der Waals surface area contributed by atoms with Gasteiger partial charge in [0.15, 0.2) is 0 Å². The lowest BCUT2D eigenvalue weighted by molar-refractivity contribution is -0.121. The Labute approximate surface area is 141 Å². The predicted molar refractivity (Wildman–Crippen MR) is 89.2 cm³/mol. The molecule has 7 heteroatoms. The van der Waals surface area contributed by atoms with E-state index < -0.39 is 11.6 Å². The maximum atomic E-state index is 11.8. The first kappa shape index (κ1) is 18.7. The molecule has 22 heavy (non-hydrogen) atoms. The molecule has 0 atom stereocenters. The highest BCUT2D eigenvalue weighted by atomic mass is 35.5. The highest BCUT2D eigenvalue weighted by molar-refractivity contribution is 6.42.